The molecule has 1 aliphatic heterocycles. The fourth-order valence-corrected chi connectivity index (χ4v) is 4.71. The third-order valence-electron chi connectivity index (χ3n) is 6.73. The molecule has 3 aromatic rings. The van der Waals surface area contributed by atoms with Gasteiger partial charge in [-0.3, -0.25) is 4.79 Å². The number of nitrogens with one attached hydrogen (secondary N) is 1. The van der Waals surface area contributed by atoms with Crippen LogP contribution < -0.4 is 14.8 Å². The Morgan fingerprint density at radius 2 is 1.63 bits per heavy atom. The van der Waals surface area contributed by atoms with Gasteiger partial charge in [0.25, 0.3) is 5.91 Å². The van der Waals surface area contributed by atoms with E-state index in [0.29, 0.717) is 35.6 Å². The Labute approximate surface area is 223 Å². The van der Waals surface area contributed by atoms with Crippen LogP contribution in [0.15, 0.2) is 72.8 Å². The number of carbonyl (C=O) groups is 1. The van der Waals surface area contributed by atoms with E-state index in [2.05, 4.69) is 5.32 Å². The zero-order chi connectivity index (χ0) is 27.3. The highest BCUT2D eigenvalue weighted by Crippen LogP contribution is 2.34. The largest absolute Gasteiger partial charge is 0.497 e. The van der Waals surface area contributed by atoms with Crippen LogP contribution in [-0.2, 0) is 15.9 Å². The summed E-state index contributed by atoms with van der Waals surface area (Å²) >= 11 is 0. The van der Waals surface area contributed by atoms with Crippen molar-refractivity contribution in [1.29, 1.82) is 0 Å². The molecule has 3 aromatic carbocycles. The highest BCUT2D eigenvalue weighted by molar-refractivity contribution is 6.01. The van der Waals surface area contributed by atoms with Gasteiger partial charge in [0.15, 0.2) is 0 Å². The zero-order valence-corrected chi connectivity index (χ0v) is 22.1. The number of hydrogen-bond acceptors (Lipinski definition) is 7. The maximum atomic E-state index is 13.4. The van der Waals surface area contributed by atoms with Crippen molar-refractivity contribution in [3.63, 3.8) is 0 Å². The molecule has 4 rings (SSSR count). The van der Waals surface area contributed by atoms with Crippen molar-refractivity contribution in [3.8, 4) is 22.6 Å². The first kappa shape index (κ1) is 27.6. The zero-order valence-electron chi connectivity index (χ0n) is 22.1. The number of carbonyl (C=O) groups excluding carboxylic acids is 1. The van der Waals surface area contributed by atoms with Crippen molar-refractivity contribution >= 4 is 5.91 Å². The molecule has 0 saturated carbocycles. The number of hydrogen-bond donors (Lipinski definition) is 3. The molecule has 0 radical (unpaired) electrons. The first-order chi connectivity index (χ1) is 18.2. The first-order valence-corrected chi connectivity index (χ1v) is 12.6. The van der Waals surface area contributed by atoms with E-state index in [4.69, 9.17) is 18.9 Å². The Morgan fingerprint density at radius 1 is 0.947 bits per heavy atom. The minimum Gasteiger partial charge on any atom is -0.497 e. The fraction of sp³-hybridized carbons (Fsp3) is 0.367. The molecule has 202 valence electrons. The normalized spacial score (nSPS) is 22.5. The minimum atomic E-state index is -1.35. The molecule has 1 saturated heterocycles. The third kappa shape index (κ3) is 6.16. The molecule has 38 heavy (non-hydrogen) atoms. The molecule has 3 N–H and O–H groups in total. The maximum absolute atomic E-state index is 13.4. The van der Waals surface area contributed by atoms with Crippen LogP contribution >= 0.6 is 0 Å². The fourth-order valence-electron chi connectivity index (χ4n) is 4.71. The molecule has 0 unspecified atom stereocenters. The highest BCUT2D eigenvalue weighted by atomic mass is 16.7. The Bertz CT molecular complexity index is 1210. The molecule has 1 aliphatic rings. The molecule has 8 nitrogen and oxygen atoms in total. The highest BCUT2D eigenvalue weighted by Gasteiger charge is 2.50. The van der Waals surface area contributed by atoms with Crippen LogP contribution in [0, 0.1) is 0 Å². The minimum absolute atomic E-state index is 0.262. The average Bonchev–Trinajstić information content (AvgIpc) is 2.92. The van der Waals surface area contributed by atoms with Gasteiger partial charge in [-0.2, -0.15) is 0 Å². The van der Waals surface area contributed by atoms with Gasteiger partial charge >= 0.3 is 0 Å². The monoisotopic (exact) mass is 521 g/mol. The van der Waals surface area contributed by atoms with Crippen LogP contribution in [0.3, 0.4) is 0 Å². The molecule has 1 amide bonds. The van der Waals surface area contributed by atoms with Crippen LogP contribution in [0.2, 0.25) is 0 Å². The van der Waals surface area contributed by atoms with E-state index < -0.39 is 30.2 Å². The van der Waals surface area contributed by atoms with Crippen LogP contribution in [-0.4, -0.2) is 67.1 Å². The van der Waals surface area contributed by atoms with Crippen molar-refractivity contribution in [2.24, 2.45) is 0 Å². The van der Waals surface area contributed by atoms with E-state index in [0.717, 1.165) is 11.1 Å². The van der Waals surface area contributed by atoms with Gasteiger partial charge in [-0.05, 0) is 67.3 Å². The molecule has 4 atom stereocenters. The van der Waals surface area contributed by atoms with Gasteiger partial charge in [0.1, 0.15) is 29.8 Å². The number of aliphatic hydroxyl groups is 2. The third-order valence-corrected chi connectivity index (χ3v) is 6.73. The van der Waals surface area contributed by atoms with E-state index in [1.54, 1.807) is 39.2 Å². The number of benzene rings is 3. The summed E-state index contributed by atoms with van der Waals surface area (Å²) in [5.74, 6) is 0.766. The van der Waals surface area contributed by atoms with E-state index in [9.17, 15) is 15.0 Å². The number of ether oxygens (including phenoxy) is 4. The Kier molecular flexibility index (Phi) is 8.69. The quantitative estimate of drug-likeness (QED) is 0.395. The molecule has 1 fully saturated rings. The predicted octanol–water partition coefficient (Wildman–Crippen LogP) is 3.59. The van der Waals surface area contributed by atoms with Crippen LogP contribution in [0.25, 0.3) is 11.1 Å². The Hall–Kier alpha value is -3.43. The maximum Gasteiger partial charge on any atom is 0.252 e. The van der Waals surface area contributed by atoms with Gasteiger partial charge in [0.05, 0.1) is 18.3 Å². The van der Waals surface area contributed by atoms with Gasteiger partial charge in [-0.25, -0.2) is 0 Å². The van der Waals surface area contributed by atoms with Crippen molar-refractivity contribution in [1.82, 2.24) is 5.32 Å². The summed E-state index contributed by atoms with van der Waals surface area (Å²) in [5.41, 5.74) is 2.15. The van der Waals surface area contributed by atoms with Crippen LogP contribution in [0.4, 0.5) is 0 Å². The van der Waals surface area contributed by atoms with Crippen molar-refractivity contribution in [2.45, 2.75) is 50.5 Å². The summed E-state index contributed by atoms with van der Waals surface area (Å²) in [7, 11) is 3.05. The van der Waals surface area contributed by atoms with E-state index >= 15 is 0 Å². The molecule has 0 aromatic heterocycles. The summed E-state index contributed by atoms with van der Waals surface area (Å²) in [5, 5.41) is 24.2. The molecular weight excluding hydrogens is 486 g/mol. The van der Waals surface area contributed by atoms with Crippen molar-refractivity contribution in [3.05, 3.63) is 83.9 Å². The molecular formula is C30H35NO7. The smallest absolute Gasteiger partial charge is 0.252 e. The average molecular weight is 522 g/mol. The summed E-state index contributed by atoms with van der Waals surface area (Å²) in [6.07, 6.45) is -3.77. The van der Waals surface area contributed by atoms with Crippen molar-refractivity contribution < 1.29 is 34.0 Å². The number of methoxy groups -OCH3 is 2. The van der Waals surface area contributed by atoms with Gasteiger partial charge in [-0.1, -0.05) is 42.5 Å². The summed E-state index contributed by atoms with van der Waals surface area (Å²) in [6.45, 7) is 3.97. The SMILES string of the molecule is COc1ccc(-c2ccc(O[C@H]3OC(C)(C)[C@@H](OC)[C@@H](O)[C@H]3O)cc2C(=O)NCCc2ccccc2)cc1. The number of aliphatic hydroxyl groups excluding tert-OH is 2. The van der Waals surface area contributed by atoms with Gasteiger partial charge in [-0.15, -0.1) is 0 Å². The van der Waals surface area contributed by atoms with E-state index in [-0.39, 0.29) is 5.91 Å². The molecule has 8 heteroatoms. The molecule has 0 aliphatic carbocycles. The lowest BCUT2D eigenvalue weighted by Gasteiger charge is -2.46. The molecule has 1 heterocycles. The summed E-state index contributed by atoms with van der Waals surface area (Å²) in [6, 6.07) is 22.5. The number of amides is 1. The van der Waals surface area contributed by atoms with E-state index in [1.165, 1.54) is 7.11 Å². The topological polar surface area (TPSA) is 106 Å². The Morgan fingerprint density at radius 3 is 2.29 bits per heavy atom. The second-order valence-electron chi connectivity index (χ2n) is 9.77. The lowest BCUT2D eigenvalue weighted by atomic mass is 9.89. The molecule has 0 spiro atoms. The summed E-state index contributed by atoms with van der Waals surface area (Å²) < 4.78 is 22.5. The van der Waals surface area contributed by atoms with E-state index in [1.807, 2.05) is 54.6 Å². The first-order valence-electron chi connectivity index (χ1n) is 12.6. The summed E-state index contributed by atoms with van der Waals surface area (Å²) in [4.78, 5) is 13.4. The second kappa shape index (κ2) is 12.0. The van der Waals surface area contributed by atoms with Gasteiger partial charge < -0.3 is 34.5 Å². The van der Waals surface area contributed by atoms with Crippen LogP contribution in [0.1, 0.15) is 29.8 Å². The number of rotatable bonds is 9. The van der Waals surface area contributed by atoms with Gasteiger partial charge in [0.2, 0.25) is 6.29 Å². The lowest BCUT2D eigenvalue weighted by molar-refractivity contribution is -0.305. The van der Waals surface area contributed by atoms with Crippen molar-refractivity contribution in [2.75, 3.05) is 20.8 Å². The Balaban J connectivity index is 1.59. The van der Waals surface area contributed by atoms with Gasteiger partial charge in [0, 0.05) is 13.7 Å². The molecule has 0 bridgehead atoms. The lowest BCUT2D eigenvalue weighted by Crippen LogP contribution is -2.63. The standard InChI is InChI=1S/C30H35NO7/c1-30(2)27(36-4)25(32)26(33)29(38-30)37-22-14-15-23(20-10-12-21(35-3)13-11-20)24(18-22)28(34)31-17-16-19-8-6-5-7-9-19/h5-15,18,25-27,29,32-33H,16-17H2,1-4H3,(H,31,34)/t25-,26+,27-,29-/m0/s1. The van der Waals surface area contributed by atoms with Crippen LogP contribution in [0.5, 0.6) is 11.5 Å². The second-order valence-corrected chi connectivity index (χ2v) is 9.77. The predicted molar refractivity (Wildman–Crippen MR) is 143 cm³/mol.